The minimum absolute atomic E-state index is 0.00188. The zero-order valence-electron chi connectivity index (χ0n) is 15.3. The molecule has 0 spiro atoms. The van der Waals surface area contributed by atoms with Gasteiger partial charge in [0, 0.05) is 11.1 Å². The predicted octanol–water partition coefficient (Wildman–Crippen LogP) is 3.77. The van der Waals surface area contributed by atoms with E-state index in [1.807, 2.05) is 42.5 Å². The largest absolute Gasteiger partial charge is 0.298 e. The second-order valence-electron chi connectivity index (χ2n) is 6.20. The Kier molecular flexibility index (Phi) is 6.94. The molecule has 0 heterocycles. The topological polar surface area (TPSA) is 70.2 Å². The van der Waals surface area contributed by atoms with Crippen molar-refractivity contribution in [1.29, 1.82) is 0 Å². The molecule has 0 bridgehead atoms. The first-order valence-electron chi connectivity index (χ1n) is 8.81. The molecule has 2 amide bonds. The van der Waals surface area contributed by atoms with Crippen molar-refractivity contribution in [2.75, 3.05) is 0 Å². The van der Waals surface area contributed by atoms with Crippen LogP contribution in [0.3, 0.4) is 0 Å². The van der Waals surface area contributed by atoms with Crippen molar-refractivity contribution in [3.05, 3.63) is 89.0 Å². The van der Waals surface area contributed by atoms with Gasteiger partial charge < -0.3 is 0 Å². The van der Waals surface area contributed by atoms with Crippen LogP contribution >= 0.6 is 23.8 Å². The zero-order valence-corrected chi connectivity index (χ0v) is 16.9. The molecule has 146 valence electrons. The van der Waals surface area contributed by atoms with E-state index in [0.29, 0.717) is 5.02 Å². The number of thiocarbonyl (C=S) groups is 1. The fourth-order valence-corrected chi connectivity index (χ4v) is 2.98. The van der Waals surface area contributed by atoms with Crippen LogP contribution in [0.2, 0.25) is 5.02 Å². The zero-order chi connectivity index (χ0) is 20.6. The molecule has 3 aromatic rings. The first kappa shape index (κ1) is 20.5. The molecule has 0 radical (unpaired) electrons. The van der Waals surface area contributed by atoms with Crippen LogP contribution in [-0.4, -0.2) is 16.9 Å². The van der Waals surface area contributed by atoms with Crippen molar-refractivity contribution in [3.63, 3.8) is 0 Å². The summed E-state index contributed by atoms with van der Waals surface area (Å²) in [4.78, 5) is 24.0. The van der Waals surface area contributed by atoms with Crippen molar-refractivity contribution < 1.29 is 9.59 Å². The Bertz CT molecular complexity index is 1080. The SMILES string of the molecule is O=C(C=Cc1cccc2ccccc12)NC(=S)NNC(=O)Cc1ccc(Cl)cc1. The summed E-state index contributed by atoms with van der Waals surface area (Å²) in [5, 5.41) is 5.24. The van der Waals surface area contributed by atoms with Gasteiger partial charge in [-0.25, -0.2) is 0 Å². The van der Waals surface area contributed by atoms with Crippen LogP contribution in [-0.2, 0) is 16.0 Å². The molecule has 0 saturated carbocycles. The standard InChI is InChI=1S/C22H18ClN3O2S/c23-18-11-8-15(9-12-18)14-21(28)25-26-22(29)24-20(27)13-10-17-6-3-5-16-4-1-2-7-19(16)17/h1-13H,14H2,(H,25,28)(H2,24,26,27,29). The number of amides is 2. The number of hydrogen-bond acceptors (Lipinski definition) is 3. The second-order valence-corrected chi connectivity index (χ2v) is 7.04. The molecule has 0 aromatic heterocycles. The van der Waals surface area contributed by atoms with Crippen LogP contribution in [0.25, 0.3) is 16.8 Å². The Hall–Kier alpha value is -3.22. The number of rotatable bonds is 4. The molecule has 3 N–H and O–H groups in total. The van der Waals surface area contributed by atoms with Gasteiger partial charge in [-0.15, -0.1) is 0 Å². The lowest BCUT2D eigenvalue weighted by Crippen LogP contribution is -2.48. The number of carbonyl (C=O) groups excluding carboxylic acids is 2. The second kappa shape index (κ2) is 9.82. The molecule has 0 unspecified atom stereocenters. The van der Waals surface area contributed by atoms with Crippen LogP contribution in [0.1, 0.15) is 11.1 Å². The van der Waals surface area contributed by atoms with E-state index in [1.165, 1.54) is 6.08 Å². The Morgan fingerprint density at radius 2 is 1.66 bits per heavy atom. The minimum atomic E-state index is -0.401. The van der Waals surface area contributed by atoms with Gasteiger partial charge >= 0.3 is 0 Å². The number of benzene rings is 3. The fourth-order valence-electron chi connectivity index (χ4n) is 2.70. The lowest BCUT2D eigenvalue weighted by molar-refractivity contribution is -0.121. The van der Waals surface area contributed by atoms with Crippen molar-refractivity contribution in [2.45, 2.75) is 6.42 Å². The highest BCUT2D eigenvalue weighted by atomic mass is 35.5. The molecule has 0 aliphatic carbocycles. The van der Waals surface area contributed by atoms with E-state index < -0.39 is 5.91 Å². The van der Waals surface area contributed by atoms with E-state index in [9.17, 15) is 9.59 Å². The predicted molar refractivity (Wildman–Crippen MR) is 120 cm³/mol. The van der Waals surface area contributed by atoms with Gasteiger partial charge in [-0.05, 0) is 52.3 Å². The highest BCUT2D eigenvalue weighted by molar-refractivity contribution is 7.80. The van der Waals surface area contributed by atoms with Gasteiger partial charge in [0.25, 0.3) is 0 Å². The normalized spacial score (nSPS) is 10.7. The number of hydrazine groups is 1. The summed E-state index contributed by atoms with van der Waals surface area (Å²) in [5.41, 5.74) is 6.69. The van der Waals surface area contributed by atoms with Crippen molar-refractivity contribution in [3.8, 4) is 0 Å². The molecular weight excluding hydrogens is 406 g/mol. The first-order valence-corrected chi connectivity index (χ1v) is 9.60. The molecule has 0 fully saturated rings. The van der Waals surface area contributed by atoms with Crippen molar-refractivity contribution in [2.24, 2.45) is 0 Å². The third-order valence-corrected chi connectivity index (χ3v) is 4.52. The van der Waals surface area contributed by atoms with E-state index >= 15 is 0 Å². The van der Waals surface area contributed by atoms with E-state index in [-0.39, 0.29) is 17.4 Å². The van der Waals surface area contributed by atoms with Crippen LogP contribution in [0.4, 0.5) is 0 Å². The summed E-state index contributed by atoms with van der Waals surface area (Å²) in [5.74, 6) is -0.697. The summed E-state index contributed by atoms with van der Waals surface area (Å²) in [6, 6.07) is 20.8. The fraction of sp³-hybridized carbons (Fsp3) is 0.0455. The number of fused-ring (bicyclic) bond motifs is 1. The molecular formula is C22H18ClN3O2S. The number of hydrogen-bond donors (Lipinski definition) is 3. The Labute approximate surface area is 178 Å². The Morgan fingerprint density at radius 1 is 0.931 bits per heavy atom. The summed E-state index contributed by atoms with van der Waals surface area (Å²) in [6.45, 7) is 0. The molecule has 29 heavy (non-hydrogen) atoms. The van der Waals surface area contributed by atoms with E-state index in [0.717, 1.165) is 21.9 Å². The lowest BCUT2D eigenvalue weighted by atomic mass is 10.0. The third-order valence-electron chi connectivity index (χ3n) is 4.07. The minimum Gasteiger partial charge on any atom is -0.298 e. The maximum absolute atomic E-state index is 12.1. The van der Waals surface area contributed by atoms with Crippen molar-refractivity contribution in [1.82, 2.24) is 16.2 Å². The lowest BCUT2D eigenvalue weighted by Gasteiger charge is -2.10. The third kappa shape index (κ3) is 6.14. The highest BCUT2D eigenvalue weighted by Gasteiger charge is 2.06. The molecule has 3 aromatic carbocycles. The van der Waals surface area contributed by atoms with E-state index in [4.69, 9.17) is 23.8 Å². The number of nitrogens with one attached hydrogen (secondary N) is 3. The van der Waals surface area contributed by atoms with Crippen molar-refractivity contribution >= 4 is 57.6 Å². The van der Waals surface area contributed by atoms with Gasteiger partial charge in [0.2, 0.25) is 11.8 Å². The smallest absolute Gasteiger partial charge is 0.250 e. The van der Waals surface area contributed by atoms with Crippen LogP contribution in [0.15, 0.2) is 72.8 Å². The van der Waals surface area contributed by atoms with Gasteiger partial charge in [-0.3, -0.25) is 25.8 Å². The van der Waals surface area contributed by atoms with E-state index in [2.05, 4.69) is 16.2 Å². The van der Waals surface area contributed by atoms with Crippen LogP contribution in [0.5, 0.6) is 0 Å². The van der Waals surface area contributed by atoms with Crippen LogP contribution < -0.4 is 16.2 Å². The van der Waals surface area contributed by atoms with E-state index in [1.54, 1.807) is 30.3 Å². The molecule has 3 rings (SSSR count). The monoisotopic (exact) mass is 423 g/mol. The van der Waals surface area contributed by atoms with Crippen LogP contribution in [0, 0.1) is 0 Å². The quantitative estimate of drug-likeness (QED) is 0.339. The average Bonchev–Trinajstić information content (AvgIpc) is 2.72. The molecule has 0 atom stereocenters. The summed E-state index contributed by atoms with van der Waals surface area (Å²) in [7, 11) is 0. The highest BCUT2D eigenvalue weighted by Crippen LogP contribution is 2.19. The van der Waals surface area contributed by atoms with Gasteiger partial charge in [0.1, 0.15) is 0 Å². The molecule has 7 heteroatoms. The summed E-state index contributed by atoms with van der Waals surface area (Å²) in [6.07, 6.45) is 3.27. The molecule has 0 saturated heterocycles. The number of halogens is 1. The summed E-state index contributed by atoms with van der Waals surface area (Å²) >= 11 is 10.8. The maximum atomic E-state index is 12.1. The molecule has 0 aliphatic heterocycles. The van der Waals surface area contributed by atoms with Gasteiger partial charge in [0.05, 0.1) is 6.42 Å². The van der Waals surface area contributed by atoms with Gasteiger partial charge in [0.15, 0.2) is 5.11 Å². The first-order chi connectivity index (χ1) is 14.0. The number of carbonyl (C=O) groups is 2. The van der Waals surface area contributed by atoms with Gasteiger partial charge in [-0.1, -0.05) is 66.2 Å². The molecule has 5 nitrogen and oxygen atoms in total. The molecule has 0 aliphatic rings. The summed E-state index contributed by atoms with van der Waals surface area (Å²) < 4.78 is 0. The maximum Gasteiger partial charge on any atom is 0.250 e. The average molecular weight is 424 g/mol. The Morgan fingerprint density at radius 3 is 2.45 bits per heavy atom. The van der Waals surface area contributed by atoms with Gasteiger partial charge in [-0.2, -0.15) is 0 Å². The Balaban J connectivity index is 1.48.